The Morgan fingerprint density at radius 3 is 2.60 bits per heavy atom. The van der Waals surface area contributed by atoms with Gasteiger partial charge in [-0.15, -0.1) is 11.3 Å². The minimum absolute atomic E-state index is 0. The molecule has 2 aromatic carbocycles. The summed E-state index contributed by atoms with van der Waals surface area (Å²) in [6.07, 6.45) is 0. The number of carboxylic acid groups (broad SMARTS) is 1. The number of ether oxygens (including phenoxy) is 2. The predicted molar refractivity (Wildman–Crippen MR) is 123 cm³/mol. The number of hydrogen-bond acceptors (Lipinski definition) is 8. The van der Waals surface area contributed by atoms with Crippen molar-refractivity contribution in [3.8, 4) is 5.75 Å². The Balaban J connectivity index is 0.00000342. The molecule has 174 valence electrons. The number of carbonyl (C=O) groups is 2. The van der Waals surface area contributed by atoms with Gasteiger partial charge in [0, 0.05) is 22.6 Å². The standard InChI is InChI=1S/C24H21N3O6S.K/c1-32-18-4-2-3-15(9-18)10-25-22(29)20-26-21(28)19-17(13-34-23(19)27-20)12-33-11-14-5-7-16(8-6-14)24(30)31;/h2-9,13H,10-12H2,1H3,(H3,25,26,27,28,29,30,31);/q;+1/p-2. The number of rotatable bonds is 9. The van der Waals surface area contributed by atoms with Gasteiger partial charge in [-0.2, -0.15) is 0 Å². The molecule has 0 unspecified atom stereocenters. The second kappa shape index (κ2) is 12.5. The first-order valence-corrected chi connectivity index (χ1v) is 11.1. The zero-order valence-electron chi connectivity index (χ0n) is 19.1. The molecule has 2 aromatic heterocycles. The van der Waals surface area contributed by atoms with Crippen LogP contribution in [-0.4, -0.2) is 24.0 Å². The van der Waals surface area contributed by atoms with Crippen LogP contribution in [-0.2, 0) is 24.5 Å². The summed E-state index contributed by atoms with van der Waals surface area (Å²) in [7, 11) is 1.56. The molecule has 4 aromatic rings. The average Bonchev–Trinajstić information content (AvgIpc) is 3.26. The van der Waals surface area contributed by atoms with Gasteiger partial charge < -0.3 is 34.7 Å². The number of aromatic carboxylic acids is 1. The van der Waals surface area contributed by atoms with E-state index in [1.165, 1.54) is 23.5 Å². The first-order chi connectivity index (χ1) is 16.4. The van der Waals surface area contributed by atoms with Crippen molar-refractivity contribution in [2.75, 3.05) is 7.11 Å². The third-order valence-corrected chi connectivity index (χ3v) is 5.90. The molecule has 0 bridgehead atoms. The molecule has 0 saturated carbocycles. The molecule has 1 amide bonds. The second-order valence-electron chi connectivity index (χ2n) is 7.30. The molecule has 0 aliphatic rings. The Labute approximate surface area is 246 Å². The zero-order valence-corrected chi connectivity index (χ0v) is 23.0. The van der Waals surface area contributed by atoms with Crippen LogP contribution in [0.2, 0.25) is 0 Å². The Morgan fingerprint density at radius 1 is 1.11 bits per heavy atom. The number of hydrogen-bond donors (Lipinski definition) is 1. The van der Waals surface area contributed by atoms with Gasteiger partial charge in [0.25, 0.3) is 0 Å². The molecule has 2 heterocycles. The Morgan fingerprint density at radius 2 is 1.89 bits per heavy atom. The van der Waals surface area contributed by atoms with Gasteiger partial charge in [-0.25, -0.2) is 0 Å². The molecule has 4 rings (SSSR count). The largest absolute Gasteiger partial charge is 1.00 e. The number of benzene rings is 2. The summed E-state index contributed by atoms with van der Waals surface area (Å²) in [6, 6.07) is 13.4. The fourth-order valence-corrected chi connectivity index (χ4v) is 4.15. The van der Waals surface area contributed by atoms with Gasteiger partial charge in [-0.3, -0.25) is 9.59 Å². The fourth-order valence-electron chi connectivity index (χ4n) is 3.23. The third-order valence-electron chi connectivity index (χ3n) is 4.98. The van der Waals surface area contributed by atoms with Crippen LogP contribution < -0.4 is 77.1 Å². The van der Waals surface area contributed by atoms with E-state index in [-0.39, 0.29) is 82.5 Å². The van der Waals surface area contributed by atoms with Crippen LogP contribution in [0.25, 0.3) is 10.2 Å². The van der Waals surface area contributed by atoms with E-state index < -0.39 is 17.4 Å². The van der Waals surface area contributed by atoms with Crippen LogP contribution in [0.4, 0.5) is 0 Å². The molecule has 0 spiro atoms. The summed E-state index contributed by atoms with van der Waals surface area (Å²) in [4.78, 5) is 44.5. The van der Waals surface area contributed by atoms with Crippen LogP contribution in [0.15, 0.2) is 58.7 Å². The van der Waals surface area contributed by atoms with E-state index >= 15 is 0 Å². The van der Waals surface area contributed by atoms with E-state index in [2.05, 4.69) is 15.3 Å². The summed E-state index contributed by atoms with van der Waals surface area (Å²) in [5, 5.41) is 15.6. The number of carbonyl (C=O) groups excluding carboxylic acids is 2. The van der Waals surface area contributed by atoms with Crippen molar-refractivity contribution in [2.24, 2.45) is 0 Å². The van der Waals surface area contributed by atoms with Crippen molar-refractivity contribution in [3.05, 3.63) is 92.3 Å². The Kier molecular flexibility index (Phi) is 9.75. The molecule has 0 aliphatic heterocycles. The van der Waals surface area contributed by atoms with Crippen molar-refractivity contribution in [3.63, 3.8) is 0 Å². The molecule has 0 atom stereocenters. The van der Waals surface area contributed by atoms with Crippen molar-refractivity contribution < 1.29 is 75.6 Å². The van der Waals surface area contributed by atoms with Crippen molar-refractivity contribution in [2.45, 2.75) is 19.8 Å². The quantitative estimate of drug-likeness (QED) is 0.270. The molecular formula is C24H19KN3O6S-. The SMILES string of the molecule is COc1cccc(CNC(=O)c2nc3scc(COCc4ccc(C(=O)[O-])cc4)c3c(=O)[n-]2)c1.[K+]. The number of nitrogens with one attached hydrogen (secondary N) is 1. The van der Waals surface area contributed by atoms with Gasteiger partial charge in [0.1, 0.15) is 5.75 Å². The van der Waals surface area contributed by atoms with Gasteiger partial charge in [0.05, 0.1) is 26.3 Å². The molecule has 0 radical (unpaired) electrons. The minimum atomic E-state index is -1.24. The predicted octanol–water partition coefficient (Wildman–Crippen LogP) is -1.36. The van der Waals surface area contributed by atoms with Crippen molar-refractivity contribution in [1.82, 2.24) is 15.3 Å². The number of thiophene rings is 1. The number of nitrogens with zero attached hydrogens (tertiary/aromatic N) is 2. The Hall–Kier alpha value is -2.38. The first kappa shape index (κ1) is 27.2. The van der Waals surface area contributed by atoms with Gasteiger partial charge >= 0.3 is 51.4 Å². The number of fused-ring (bicyclic) bond motifs is 1. The smallest absolute Gasteiger partial charge is 0.545 e. The fraction of sp³-hybridized carbons (Fsp3) is 0.167. The topological polar surface area (TPSA) is 132 Å². The molecular weight excluding hydrogens is 497 g/mol. The molecule has 11 heteroatoms. The first-order valence-electron chi connectivity index (χ1n) is 10.2. The van der Waals surface area contributed by atoms with E-state index in [4.69, 9.17) is 9.47 Å². The zero-order chi connectivity index (χ0) is 24.1. The van der Waals surface area contributed by atoms with E-state index in [1.807, 2.05) is 12.1 Å². The number of carboxylic acids is 1. The Bertz CT molecular complexity index is 1400. The monoisotopic (exact) mass is 516 g/mol. The van der Waals surface area contributed by atoms with Crippen LogP contribution in [0, 0.1) is 0 Å². The maximum Gasteiger partial charge on any atom is 1.00 e. The summed E-state index contributed by atoms with van der Waals surface area (Å²) in [5.41, 5.74) is 1.78. The van der Waals surface area contributed by atoms with E-state index in [1.54, 1.807) is 36.8 Å². The van der Waals surface area contributed by atoms with Gasteiger partial charge in [-0.05, 0) is 39.8 Å². The maximum absolute atomic E-state index is 12.6. The normalized spacial score (nSPS) is 10.5. The van der Waals surface area contributed by atoms with Gasteiger partial charge in [0.15, 0.2) is 5.56 Å². The second-order valence-corrected chi connectivity index (χ2v) is 8.16. The summed E-state index contributed by atoms with van der Waals surface area (Å²) in [5.74, 6) is -1.31. The number of methoxy groups -OCH3 is 1. The molecule has 9 nitrogen and oxygen atoms in total. The molecule has 0 fully saturated rings. The van der Waals surface area contributed by atoms with E-state index in [0.717, 1.165) is 11.1 Å². The average molecular weight is 517 g/mol. The number of amides is 1. The summed E-state index contributed by atoms with van der Waals surface area (Å²) >= 11 is 1.23. The van der Waals surface area contributed by atoms with E-state index in [0.29, 0.717) is 21.5 Å². The molecule has 35 heavy (non-hydrogen) atoms. The van der Waals surface area contributed by atoms with Crippen LogP contribution in [0.3, 0.4) is 0 Å². The summed E-state index contributed by atoms with van der Waals surface area (Å²) < 4.78 is 10.8. The van der Waals surface area contributed by atoms with Crippen LogP contribution >= 0.6 is 11.3 Å². The van der Waals surface area contributed by atoms with Crippen LogP contribution in [0.5, 0.6) is 5.75 Å². The van der Waals surface area contributed by atoms with Crippen molar-refractivity contribution >= 4 is 33.4 Å². The number of aromatic nitrogens is 2. The van der Waals surface area contributed by atoms with Crippen LogP contribution in [0.1, 0.15) is 37.7 Å². The minimum Gasteiger partial charge on any atom is -0.545 e. The van der Waals surface area contributed by atoms with Crippen molar-refractivity contribution in [1.29, 1.82) is 0 Å². The van der Waals surface area contributed by atoms with E-state index in [9.17, 15) is 19.5 Å². The van der Waals surface area contributed by atoms with Gasteiger partial charge in [0.2, 0.25) is 5.91 Å². The third kappa shape index (κ3) is 6.85. The molecule has 1 N–H and O–H groups in total. The summed E-state index contributed by atoms with van der Waals surface area (Å²) in [6.45, 7) is 0.603. The van der Waals surface area contributed by atoms with Gasteiger partial charge in [-0.1, -0.05) is 36.4 Å². The molecule has 0 saturated heterocycles. The maximum atomic E-state index is 12.6. The molecule has 0 aliphatic carbocycles.